The molecule has 0 saturated carbocycles. The van der Waals surface area contributed by atoms with Crippen molar-refractivity contribution in [3.63, 3.8) is 0 Å². The summed E-state index contributed by atoms with van der Waals surface area (Å²) in [4.78, 5) is 16.2. The molecule has 0 spiro atoms. The lowest BCUT2D eigenvalue weighted by atomic mass is 9.95. The van der Waals surface area contributed by atoms with Gasteiger partial charge in [0.05, 0.1) is 5.71 Å². The Morgan fingerprint density at radius 3 is 2.67 bits per heavy atom. The van der Waals surface area contributed by atoms with E-state index in [1.807, 2.05) is 30.3 Å². The minimum Gasteiger partial charge on any atom is -0.379 e. The molecule has 0 radical (unpaired) electrons. The Morgan fingerprint density at radius 1 is 1.47 bits per heavy atom. The van der Waals surface area contributed by atoms with Crippen LogP contribution in [0.4, 0.5) is 0 Å². The molecular weight excluding hydrogens is 192 g/mol. The summed E-state index contributed by atoms with van der Waals surface area (Å²) < 4.78 is 0. The van der Waals surface area contributed by atoms with E-state index in [1.54, 1.807) is 6.92 Å². The molecule has 0 aromatic heterocycles. The third-order valence-corrected chi connectivity index (χ3v) is 2.49. The van der Waals surface area contributed by atoms with Crippen molar-refractivity contribution in [2.75, 3.05) is 0 Å². The number of amides is 1. The minimum absolute atomic E-state index is 0.423. The van der Waals surface area contributed by atoms with E-state index in [1.165, 1.54) is 0 Å². The number of primary amides is 1. The van der Waals surface area contributed by atoms with E-state index in [4.69, 9.17) is 10.6 Å². The average Bonchev–Trinajstić information content (AvgIpc) is 2.64. The third-order valence-electron chi connectivity index (χ3n) is 2.49. The Kier molecular flexibility index (Phi) is 2.19. The van der Waals surface area contributed by atoms with Crippen LogP contribution in [0, 0.1) is 0 Å². The number of nitrogens with zero attached hydrogens (tertiary/aromatic N) is 1. The summed E-state index contributed by atoms with van der Waals surface area (Å²) in [5, 5.41) is 3.90. The standard InChI is InChI=1S/C11H12N2O2/c1-11(10(12)14)7-9(13-15-11)8-5-3-2-4-6-8/h2-6H,7H2,1H3,(H2,12,14)/t11-/m0/s1. The van der Waals surface area contributed by atoms with E-state index in [0.717, 1.165) is 11.3 Å². The van der Waals surface area contributed by atoms with Crippen molar-refractivity contribution in [1.29, 1.82) is 0 Å². The first-order chi connectivity index (χ1) is 7.12. The van der Waals surface area contributed by atoms with Gasteiger partial charge in [0.25, 0.3) is 5.91 Å². The zero-order chi connectivity index (χ0) is 10.9. The highest BCUT2D eigenvalue weighted by molar-refractivity contribution is 6.05. The second-order valence-electron chi connectivity index (χ2n) is 3.77. The van der Waals surface area contributed by atoms with Crippen LogP contribution in [0.3, 0.4) is 0 Å². The summed E-state index contributed by atoms with van der Waals surface area (Å²) in [6.07, 6.45) is 0.423. The number of hydrogen-bond acceptors (Lipinski definition) is 3. The van der Waals surface area contributed by atoms with Gasteiger partial charge in [0, 0.05) is 6.42 Å². The Morgan fingerprint density at radius 2 is 2.13 bits per heavy atom. The number of benzene rings is 1. The maximum atomic E-state index is 11.1. The van der Waals surface area contributed by atoms with Gasteiger partial charge in [0.15, 0.2) is 0 Å². The summed E-state index contributed by atoms with van der Waals surface area (Å²) in [6.45, 7) is 1.65. The second kappa shape index (κ2) is 3.38. The van der Waals surface area contributed by atoms with Crippen LogP contribution in [-0.4, -0.2) is 17.2 Å². The van der Waals surface area contributed by atoms with Gasteiger partial charge in [-0.05, 0) is 12.5 Å². The first-order valence-corrected chi connectivity index (χ1v) is 4.72. The van der Waals surface area contributed by atoms with E-state index >= 15 is 0 Å². The topological polar surface area (TPSA) is 64.7 Å². The molecule has 0 unspecified atom stereocenters. The lowest BCUT2D eigenvalue weighted by molar-refractivity contribution is -0.138. The zero-order valence-electron chi connectivity index (χ0n) is 8.43. The molecule has 1 aliphatic heterocycles. The van der Waals surface area contributed by atoms with Crippen molar-refractivity contribution >= 4 is 11.6 Å². The van der Waals surface area contributed by atoms with Crippen LogP contribution in [0.25, 0.3) is 0 Å². The minimum atomic E-state index is -0.995. The molecule has 78 valence electrons. The van der Waals surface area contributed by atoms with Crippen LogP contribution in [0.1, 0.15) is 18.9 Å². The number of carbonyl (C=O) groups excluding carboxylic acids is 1. The second-order valence-corrected chi connectivity index (χ2v) is 3.77. The molecule has 0 bridgehead atoms. The van der Waals surface area contributed by atoms with E-state index in [9.17, 15) is 4.79 Å². The van der Waals surface area contributed by atoms with Crippen molar-refractivity contribution in [3.05, 3.63) is 35.9 Å². The van der Waals surface area contributed by atoms with Crippen LogP contribution < -0.4 is 5.73 Å². The van der Waals surface area contributed by atoms with Gasteiger partial charge in [-0.1, -0.05) is 35.5 Å². The summed E-state index contributed by atoms with van der Waals surface area (Å²) >= 11 is 0. The molecule has 4 heteroatoms. The van der Waals surface area contributed by atoms with Gasteiger partial charge in [0.1, 0.15) is 0 Å². The van der Waals surface area contributed by atoms with Crippen molar-refractivity contribution in [2.24, 2.45) is 10.9 Å². The summed E-state index contributed by atoms with van der Waals surface area (Å²) in [6, 6.07) is 9.60. The molecule has 1 heterocycles. The van der Waals surface area contributed by atoms with Crippen molar-refractivity contribution in [1.82, 2.24) is 0 Å². The molecule has 1 aromatic rings. The maximum Gasteiger partial charge on any atom is 0.264 e. The third kappa shape index (κ3) is 1.70. The molecule has 4 nitrogen and oxygen atoms in total. The van der Waals surface area contributed by atoms with Crippen molar-refractivity contribution in [3.8, 4) is 0 Å². The number of hydrogen-bond donors (Lipinski definition) is 1. The van der Waals surface area contributed by atoms with Crippen molar-refractivity contribution < 1.29 is 9.63 Å². The number of nitrogens with two attached hydrogens (primary N) is 1. The molecule has 1 atom stereocenters. The average molecular weight is 204 g/mol. The van der Waals surface area contributed by atoms with Gasteiger partial charge < -0.3 is 10.6 Å². The van der Waals surface area contributed by atoms with E-state index in [-0.39, 0.29) is 0 Å². The highest BCUT2D eigenvalue weighted by atomic mass is 16.7. The van der Waals surface area contributed by atoms with Gasteiger partial charge in [-0.3, -0.25) is 4.79 Å². The van der Waals surface area contributed by atoms with Crippen LogP contribution >= 0.6 is 0 Å². The van der Waals surface area contributed by atoms with E-state index in [0.29, 0.717) is 6.42 Å². The highest BCUT2D eigenvalue weighted by Gasteiger charge is 2.40. The lowest BCUT2D eigenvalue weighted by Gasteiger charge is -2.15. The van der Waals surface area contributed by atoms with Crippen molar-refractivity contribution in [2.45, 2.75) is 18.9 Å². The fourth-order valence-electron chi connectivity index (χ4n) is 1.46. The molecule has 0 fully saturated rings. The number of rotatable bonds is 2. The molecule has 0 saturated heterocycles. The molecule has 2 rings (SSSR count). The Hall–Kier alpha value is -1.84. The van der Waals surface area contributed by atoms with Gasteiger partial charge in [-0.15, -0.1) is 0 Å². The van der Waals surface area contributed by atoms with Crippen LogP contribution in [0.5, 0.6) is 0 Å². The number of oxime groups is 1. The monoisotopic (exact) mass is 204 g/mol. The molecule has 1 aromatic carbocycles. The van der Waals surface area contributed by atoms with Crippen LogP contribution in [0.15, 0.2) is 35.5 Å². The largest absolute Gasteiger partial charge is 0.379 e. The lowest BCUT2D eigenvalue weighted by Crippen LogP contribution is -2.41. The van der Waals surface area contributed by atoms with E-state index in [2.05, 4.69) is 5.16 Å². The van der Waals surface area contributed by atoms with Gasteiger partial charge >= 0.3 is 0 Å². The molecule has 1 aliphatic rings. The number of carbonyl (C=O) groups is 1. The predicted octanol–water partition coefficient (Wildman–Crippen LogP) is 1.05. The fraction of sp³-hybridized carbons (Fsp3) is 0.273. The first kappa shape index (κ1) is 9.71. The molecular formula is C11H12N2O2. The van der Waals surface area contributed by atoms with Gasteiger partial charge in [-0.2, -0.15) is 0 Å². The predicted molar refractivity (Wildman–Crippen MR) is 56.3 cm³/mol. The van der Waals surface area contributed by atoms with Crippen LogP contribution in [-0.2, 0) is 9.63 Å². The maximum absolute atomic E-state index is 11.1. The molecule has 0 aliphatic carbocycles. The Labute approximate surface area is 87.7 Å². The zero-order valence-corrected chi connectivity index (χ0v) is 8.43. The fourth-order valence-corrected chi connectivity index (χ4v) is 1.46. The highest BCUT2D eigenvalue weighted by Crippen LogP contribution is 2.25. The summed E-state index contributed by atoms with van der Waals surface area (Å²) in [5.74, 6) is -0.489. The first-order valence-electron chi connectivity index (χ1n) is 4.72. The Bertz CT molecular complexity index is 414. The summed E-state index contributed by atoms with van der Waals surface area (Å²) in [5.41, 5.74) is 5.96. The SMILES string of the molecule is C[C@@]1(C(N)=O)CC(c2ccccc2)=NO1. The molecule has 1 amide bonds. The van der Waals surface area contributed by atoms with Gasteiger partial charge in [-0.25, -0.2) is 0 Å². The molecule has 15 heavy (non-hydrogen) atoms. The Balaban J connectivity index is 2.21. The van der Waals surface area contributed by atoms with Crippen LogP contribution in [0.2, 0.25) is 0 Å². The quantitative estimate of drug-likeness (QED) is 0.782. The molecule has 2 N–H and O–H groups in total. The van der Waals surface area contributed by atoms with E-state index < -0.39 is 11.5 Å². The summed E-state index contributed by atoms with van der Waals surface area (Å²) in [7, 11) is 0. The normalized spacial score (nSPS) is 24.5. The van der Waals surface area contributed by atoms with Gasteiger partial charge in [0.2, 0.25) is 5.60 Å². The smallest absolute Gasteiger partial charge is 0.264 e.